The molecule has 0 aromatic heterocycles. The molecule has 3 heteroatoms. The largest absolute Gasteiger partial charge is 0.389 e. The van der Waals surface area contributed by atoms with E-state index in [1.807, 2.05) is 19.1 Å². The first-order valence-electron chi connectivity index (χ1n) is 8.63. The molecule has 122 valence electrons. The van der Waals surface area contributed by atoms with Crippen molar-refractivity contribution in [1.29, 1.82) is 0 Å². The fraction of sp³-hybridized carbons (Fsp3) is 0.684. The van der Waals surface area contributed by atoms with Crippen LogP contribution in [0.1, 0.15) is 70.3 Å². The van der Waals surface area contributed by atoms with Gasteiger partial charge in [-0.3, -0.25) is 0 Å². The van der Waals surface area contributed by atoms with E-state index in [2.05, 4.69) is 6.07 Å². The lowest BCUT2D eigenvalue weighted by molar-refractivity contribution is -0.0812. The van der Waals surface area contributed by atoms with Crippen molar-refractivity contribution in [2.75, 3.05) is 0 Å². The summed E-state index contributed by atoms with van der Waals surface area (Å²) in [6.07, 6.45) is 10.7. The number of benzene rings is 1. The van der Waals surface area contributed by atoms with E-state index < -0.39 is 5.60 Å². The fourth-order valence-electron chi connectivity index (χ4n) is 4.61. The first-order chi connectivity index (χ1) is 10.4. The molecule has 0 aliphatic heterocycles. The molecule has 2 aliphatic rings. The van der Waals surface area contributed by atoms with E-state index >= 15 is 0 Å². The van der Waals surface area contributed by atoms with Gasteiger partial charge in [0.15, 0.2) is 0 Å². The van der Waals surface area contributed by atoms with Crippen molar-refractivity contribution in [3.8, 4) is 0 Å². The van der Waals surface area contributed by atoms with Gasteiger partial charge in [-0.2, -0.15) is 0 Å². The highest BCUT2D eigenvalue weighted by atomic mass is 35.5. The van der Waals surface area contributed by atoms with Crippen molar-refractivity contribution >= 4 is 23.2 Å². The maximum Gasteiger partial charge on any atom is 0.0718 e. The molecule has 0 amide bonds. The van der Waals surface area contributed by atoms with E-state index in [0.717, 1.165) is 24.8 Å². The van der Waals surface area contributed by atoms with Crippen LogP contribution in [0.5, 0.6) is 0 Å². The molecule has 0 bridgehead atoms. The second kappa shape index (κ2) is 6.34. The minimum Gasteiger partial charge on any atom is -0.389 e. The van der Waals surface area contributed by atoms with Crippen LogP contribution in [-0.2, 0) is 5.41 Å². The Bertz CT molecular complexity index is 528. The fourth-order valence-corrected chi connectivity index (χ4v) is 4.91. The molecular weight excluding hydrogens is 315 g/mol. The summed E-state index contributed by atoms with van der Waals surface area (Å²) in [5.74, 6) is 0.670. The summed E-state index contributed by atoms with van der Waals surface area (Å²) in [5.41, 5.74) is 0.359. The molecule has 2 saturated carbocycles. The molecule has 1 N–H and O–H groups in total. The van der Waals surface area contributed by atoms with Crippen LogP contribution in [-0.4, -0.2) is 10.7 Å². The Morgan fingerprint density at radius 1 is 1.09 bits per heavy atom. The Hall–Kier alpha value is -0.240. The van der Waals surface area contributed by atoms with Gasteiger partial charge in [0.05, 0.1) is 15.6 Å². The van der Waals surface area contributed by atoms with Crippen LogP contribution >= 0.6 is 23.2 Å². The van der Waals surface area contributed by atoms with E-state index in [0.29, 0.717) is 16.0 Å². The molecule has 0 radical (unpaired) electrons. The number of hydrogen-bond donors (Lipinski definition) is 1. The molecule has 0 spiro atoms. The lowest BCUT2D eigenvalue weighted by atomic mass is 9.54. The van der Waals surface area contributed by atoms with Gasteiger partial charge >= 0.3 is 0 Å². The maximum absolute atomic E-state index is 11.4. The second-order valence-corrected chi connectivity index (χ2v) is 8.36. The van der Waals surface area contributed by atoms with Gasteiger partial charge in [-0.05, 0) is 49.8 Å². The van der Waals surface area contributed by atoms with Gasteiger partial charge in [0.1, 0.15) is 0 Å². The number of rotatable bonds is 4. The Labute approximate surface area is 144 Å². The number of halogens is 2. The zero-order valence-corrected chi connectivity index (χ0v) is 14.9. The Kier molecular flexibility index (Phi) is 4.79. The molecule has 1 atom stereocenters. The van der Waals surface area contributed by atoms with Crippen LogP contribution in [0.15, 0.2) is 18.2 Å². The zero-order valence-electron chi connectivity index (χ0n) is 13.4. The number of aliphatic hydroxyl groups is 1. The van der Waals surface area contributed by atoms with Gasteiger partial charge in [0.2, 0.25) is 0 Å². The summed E-state index contributed by atoms with van der Waals surface area (Å²) in [5, 5.41) is 12.6. The highest BCUT2D eigenvalue weighted by Crippen LogP contribution is 2.54. The van der Waals surface area contributed by atoms with Crippen LogP contribution in [0.2, 0.25) is 10.0 Å². The van der Waals surface area contributed by atoms with Gasteiger partial charge in [0, 0.05) is 5.41 Å². The zero-order chi connectivity index (χ0) is 15.8. The molecule has 1 nitrogen and oxygen atoms in total. The van der Waals surface area contributed by atoms with Crippen LogP contribution < -0.4 is 0 Å². The molecule has 3 rings (SSSR count). The summed E-state index contributed by atoms with van der Waals surface area (Å²) >= 11 is 12.3. The van der Waals surface area contributed by atoms with Crippen LogP contribution in [0.3, 0.4) is 0 Å². The van der Waals surface area contributed by atoms with Crippen molar-refractivity contribution in [3.05, 3.63) is 33.8 Å². The standard InChI is InChI=1S/C19H26Cl2O/c1-18(22,13-14-6-3-2-4-7-14)19(10-5-11-19)15-8-9-16(20)17(21)12-15/h8-9,12,14,22H,2-7,10-11,13H2,1H3. The molecule has 2 aliphatic carbocycles. The predicted octanol–water partition coefficient (Wildman–Crippen LogP) is 6.14. The third-order valence-electron chi connectivity index (χ3n) is 6.12. The van der Waals surface area contributed by atoms with Crippen molar-refractivity contribution < 1.29 is 5.11 Å². The van der Waals surface area contributed by atoms with Gasteiger partial charge in [0.25, 0.3) is 0 Å². The van der Waals surface area contributed by atoms with Crippen molar-refractivity contribution in [1.82, 2.24) is 0 Å². The minimum atomic E-state index is -0.662. The summed E-state index contributed by atoms with van der Waals surface area (Å²) in [4.78, 5) is 0. The Morgan fingerprint density at radius 2 is 1.77 bits per heavy atom. The molecule has 0 saturated heterocycles. The third-order valence-corrected chi connectivity index (χ3v) is 6.86. The van der Waals surface area contributed by atoms with E-state index in [1.165, 1.54) is 38.5 Å². The smallest absolute Gasteiger partial charge is 0.0718 e. The lowest BCUT2D eigenvalue weighted by Gasteiger charge is -2.53. The summed E-state index contributed by atoms with van der Waals surface area (Å²) in [7, 11) is 0. The van der Waals surface area contributed by atoms with Crippen molar-refractivity contribution in [3.63, 3.8) is 0 Å². The summed E-state index contributed by atoms with van der Waals surface area (Å²) < 4.78 is 0. The van der Waals surface area contributed by atoms with Crippen LogP contribution in [0.4, 0.5) is 0 Å². The topological polar surface area (TPSA) is 20.2 Å². The molecular formula is C19H26Cl2O. The minimum absolute atomic E-state index is 0.140. The van der Waals surface area contributed by atoms with E-state index in [-0.39, 0.29) is 5.41 Å². The van der Waals surface area contributed by atoms with E-state index in [1.54, 1.807) is 0 Å². The number of hydrogen-bond acceptors (Lipinski definition) is 1. The quantitative estimate of drug-likeness (QED) is 0.698. The van der Waals surface area contributed by atoms with E-state index in [4.69, 9.17) is 23.2 Å². The Balaban J connectivity index is 1.85. The van der Waals surface area contributed by atoms with Crippen molar-refractivity contribution in [2.24, 2.45) is 5.92 Å². The molecule has 22 heavy (non-hydrogen) atoms. The first kappa shape index (κ1) is 16.6. The first-order valence-corrected chi connectivity index (χ1v) is 9.38. The maximum atomic E-state index is 11.4. The molecule has 2 fully saturated rings. The molecule has 1 unspecified atom stereocenters. The Morgan fingerprint density at radius 3 is 2.32 bits per heavy atom. The summed E-state index contributed by atoms with van der Waals surface area (Å²) in [6, 6.07) is 5.90. The van der Waals surface area contributed by atoms with Gasteiger partial charge in [-0.25, -0.2) is 0 Å². The van der Waals surface area contributed by atoms with Gasteiger partial charge < -0.3 is 5.11 Å². The lowest BCUT2D eigenvalue weighted by Crippen LogP contribution is -2.55. The monoisotopic (exact) mass is 340 g/mol. The molecule has 0 heterocycles. The average Bonchev–Trinajstić information content (AvgIpc) is 2.41. The highest BCUT2D eigenvalue weighted by molar-refractivity contribution is 6.42. The SMILES string of the molecule is CC(O)(CC1CCCCC1)C1(c2ccc(Cl)c(Cl)c2)CCC1. The normalized spacial score (nSPS) is 24.5. The third kappa shape index (κ3) is 2.92. The van der Waals surface area contributed by atoms with Crippen molar-refractivity contribution in [2.45, 2.75) is 75.7 Å². The molecule has 1 aromatic carbocycles. The predicted molar refractivity (Wildman–Crippen MR) is 93.8 cm³/mol. The molecule has 1 aromatic rings. The van der Waals surface area contributed by atoms with Crippen LogP contribution in [0.25, 0.3) is 0 Å². The van der Waals surface area contributed by atoms with Gasteiger partial charge in [-0.1, -0.05) is 67.8 Å². The average molecular weight is 341 g/mol. The highest BCUT2D eigenvalue weighted by Gasteiger charge is 2.52. The van der Waals surface area contributed by atoms with Crippen LogP contribution in [0, 0.1) is 5.92 Å². The summed E-state index contributed by atoms with van der Waals surface area (Å²) in [6.45, 7) is 2.04. The van der Waals surface area contributed by atoms with E-state index in [9.17, 15) is 5.11 Å². The second-order valence-electron chi connectivity index (χ2n) is 7.55. The van der Waals surface area contributed by atoms with Gasteiger partial charge in [-0.15, -0.1) is 0 Å².